The van der Waals surface area contributed by atoms with Crippen molar-refractivity contribution >= 4 is 33.2 Å². The molecular weight excluding hydrogens is 476 g/mol. The van der Waals surface area contributed by atoms with E-state index in [0.717, 1.165) is 5.56 Å². The van der Waals surface area contributed by atoms with Gasteiger partial charge in [0.25, 0.3) is 15.9 Å². The Kier molecular flexibility index (Phi) is 7.29. The van der Waals surface area contributed by atoms with E-state index in [1.165, 1.54) is 16.4 Å². The average Bonchev–Trinajstić information content (AvgIpc) is 2.85. The number of nitrogens with zero attached hydrogens (tertiary/aromatic N) is 1. The first kappa shape index (κ1) is 23.9. The number of carbonyl (C=O) groups excluding carboxylic acids is 1. The molecule has 3 aromatic rings. The third-order valence-corrected chi connectivity index (χ3v) is 7.39. The van der Waals surface area contributed by atoms with Crippen molar-refractivity contribution in [1.82, 2.24) is 5.32 Å². The molecule has 0 fully saturated rings. The summed E-state index contributed by atoms with van der Waals surface area (Å²) >= 11 is 6.12. The Morgan fingerprint density at radius 1 is 1.12 bits per heavy atom. The smallest absolute Gasteiger partial charge is 0.268 e. The van der Waals surface area contributed by atoms with Gasteiger partial charge in [-0.3, -0.25) is 9.10 Å². The lowest BCUT2D eigenvalue weighted by Gasteiger charge is -2.35. The van der Waals surface area contributed by atoms with E-state index in [9.17, 15) is 13.2 Å². The zero-order valence-corrected chi connectivity index (χ0v) is 20.2. The highest BCUT2D eigenvalue weighted by Crippen LogP contribution is 2.39. The number of hydrogen-bond donors (Lipinski definition) is 1. The van der Waals surface area contributed by atoms with Gasteiger partial charge in [0.1, 0.15) is 16.4 Å². The number of fused-ring (bicyclic) bond motifs is 1. The first-order valence-electron chi connectivity index (χ1n) is 10.9. The van der Waals surface area contributed by atoms with Gasteiger partial charge >= 0.3 is 0 Å². The van der Waals surface area contributed by atoms with E-state index in [4.69, 9.17) is 21.1 Å². The van der Waals surface area contributed by atoms with Crippen LogP contribution in [0.2, 0.25) is 5.02 Å². The molecule has 7 nitrogen and oxygen atoms in total. The molecular formula is C25H25ClN2O5S. The van der Waals surface area contributed by atoms with Crippen molar-refractivity contribution in [2.75, 3.05) is 24.0 Å². The summed E-state index contributed by atoms with van der Waals surface area (Å²) in [5, 5.41) is 3.12. The van der Waals surface area contributed by atoms with Crippen LogP contribution < -0.4 is 19.1 Å². The van der Waals surface area contributed by atoms with E-state index in [1.807, 2.05) is 30.3 Å². The molecule has 1 heterocycles. The van der Waals surface area contributed by atoms with E-state index in [1.54, 1.807) is 37.3 Å². The number of rotatable bonds is 8. The number of hydrogen-bond acceptors (Lipinski definition) is 5. The summed E-state index contributed by atoms with van der Waals surface area (Å²) in [6.45, 7) is 2.27. The molecule has 1 amide bonds. The van der Waals surface area contributed by atoms with Gasteiger partial charge in [0, 0.05) is 11.6 Å². The van der Waals surface area contributed by atoms with Gasteiger partial charge in [0.15, 0.2) is 6.10 Å². The first-order valence-corrected chi connectivity index (χ1v) is 12.7. The third kappa shape index (κ3) is 5.13. The zero-order valence-electron chi connectivity index (χ0n) is 18.6. The van der Waals surface area contributed by atoms with Gasteiger partial charge in [-0.15, -0.1) is 0 Å². The predicted octanol–water partition coefficient (Wildman–Crippen LogP) is 4.05. The van der Waals surface area contributed by atoms with Crippen LogP contribution in [0.3, 0.4) is 0 Å². The van der Waals surface area contributed by atoms with E-state index in [-0.39, 0.29) is 34.7 Å². The molecule has 34 heavy (non-hydrogen) atoms. The lowest BCUT2D eigenvalue weighted by molar-refractivity contribution is -0.127. The molecule has 0 radical (unpaired) electrons. The molecule has 0 aromatic heterocycles. The van der Waals surface area contributed by atoms with Gasteiger partial charge in [0.2, 0.25) is 0 Å². The topological polar surface area (TPSA) is 84.9 Å². The molecule has 0 spiro atoms. The first-order chi connectivity index (χ1) is 16.4. The molecule has 4 rings (SSSR count). The monoisotopic (exact) mass is 500 g/mol. The molecule has 0 saturated heterocycles. The van der Waals surface area contributed by atoms with Crippen molar-refractivity contribution in [3.05, 3.63) is 83.4 Å². The number of anilines is 1. The number of sulfonamides is 1. The quantitative estimate of drug-likeness (QED) is 0.504. The molecule has 0 saturated carbocycles. The second kappa shape index (κ2) is 10.4. The standard InChI is InChI=1S/C25H25ClN2O5S/c1-2-32-22-13-12-19(26)16-24(22)34(30,31)28-17-23(33-21-11-7-6-10-20(21)28)25(29)27-15-14-18-8-4-3-5-9-18/h3-13,16,23H,2,14-15,17H2,1H3,(H,27,29)/t23-/m0/s1. The number of nitrogens with one attached hydrogen (secondary N) is 1. The maximum Gasteiger partial charge on any atom is 0.268 e. The van der Waals surface area contributed by atoms with Gasteiger partial charge < -0.3 is 14.8 Å². The SMILES string of the molecule is CCOc1ccc(Cl)cc1S(=O)(=O)N1C[C@@H](C(=O)NCCc2ccccc2)Oc2ccccc21. The molecule has 1 aliphatic heterocycles. The Hall–Kier alpha value is -3.23. The fourth-order valence-corrected chi connectivity index (χ4v) is 5.60. The molecule has 1 aliphatic rings. The van der Waals surface area contributed by atoms with Crippen molar-refractivity contribution < 1.29 is 22.7 Å². The van der Waals surface area contributed by atoms with Crippen molar-refractivity contribution in [1.29, 1.82) is 0 Å². The average molecular weight is 501 g/mol. The fourth-order valence-electron chi connectivity index (χ4n) is 3.73. The molecule has 0 aliphatic carbocycles. The van der Waals surface area contributed by atoms with Crippen LogP contribution in [-0.2, 0) is 21.2 Å². The summed E-state index contributed by atoms with van der Waals surface area (Å²) in [6, 6.07) is 20.9. The van der Waals surface area contributed by atoms with Gasteiger partial charge in [-0.1, -0.05) is 54.1 Å². The van der Waals surface area contributed by atoms with Crippen molar-refractivity contribution in [2.45, 2.75) is 24.3 Å². The molecule has 9 heteroatoms. The van der Waals surface area contributed by atoms with Crippen LogP contribution >= 0.6 is 11.6 Å². The van der Waals surface area contributed by atoms with E-state index in [0.29, 0.717) is 24.4 Å². The number of amides is 1. The molecule has 1 atom stereocenters. The highest BCUT2D eigenvalue weighted by molar-refractivity contribution is 7.93. The molecule has 0 unspecified atom stereocenters. The van der Waals surface area contributed by atoms with Gasteiger partial charge in [-0.25, -0.2) is 8.42 Å². The Balaban J connectivity index is 1.60. The maximum absolute atomic E-state index is 13.8. The summed E-state index contributed by atoms with van der Waals surface area (Å²) in [5.74, 6) is 0.113. The predicted molar refractivity (Wildman–Crippen MR) is 131 cm³/mol. The minimum Gasteiger partial charge on any atom is -0.492 e. The van der Waals surface area contributed by atoms with Crippen molar-refractivity contribution in [3.63, 3.8) is 0 Å². The Bertz CT molecular complexity index is 1270. The second-order valence-corrected chi connectivity index (χ2v) is 9.93. The second-order valence-electron chi connectivity index (χ2n) is 7.66. The van der Waals surface area contributed by atoms with E-state index in [2.05, 4.69) is 5.32 Å². The lowest BCUT2D eigenvalue weighted by atomic mass is 10.1. The van der Waals surface area contributed by atoms with Crippen molar-refractivity contribution in [3.8, 4) is 11.5 Å². The minimum atomic E-state index is -4.12. The Morgan fingerprint density at radius 2 is 1.85 bits per heavy atom. The van der Waals surface area contributed by atoms with Gasteiger partial charge in [0.05, 0.1) is 18.8 Å². The highest BCUT2D eigenvalue weighted by Gasteiger charge is 2.38. The van der Waals surface area contributed by atoms with Crippen LogP contribution in [0.5, 0.6) is 11.5 Å². The Labute approximate surface area is 204 Å². The maximum atomic E-state index is 13.8. The highest BCUT2D eigenvalue weighted by atomic mass is 35.5. The zero-order chi connectivity index (χ0) is 24.1. The fraction of sp³-hybridized carbons (Fsp3) is 0.240. The van der Waals surface area contributed by atoms with Crippen LogP contribution in [0.4, 0.5) is 5.69 Å². The number of benzene rings is 3. The van der Waals surface area contributed by atoms with Gasteiger partial charge in [-0.2, -0.15) is 0 Å². The third-order valence-electron chi connectivity index (χ3n) is 5.36. The summed E-state index contributed by atoms with van der Waals surface area (Å²) in [7, 11) is -4.12. The van der Waals surface area contributed by atoms with Crippen molar-refractivity contribution in [2.24, 2.45) is 0 Å². The normalized spacial score (nSPS) is 15.2. The number of para-hydroxylation sites is 2. The largest absolute Gasteiger partial charge is 0.492 e. The van der Waals surface area contributed by atoms with E-state index >= 15 is 0 Å². The summed E-state index contributed by atoms with van der Waals surface area (Å²) in [4.78, 5) is 12.9. The van der Waals surface area contributed by atoms with Crippen LogP contribution in [0, 0.1) is 0 Å². The Morgan fingerprint density at radius 3 is 2.62 bits per heavy atom. The summed E-state index contributed by atoms with van der Waals surface area (Å²) < 4.78 is 40.1. The van der Waals surface area contributed by atoms with E-state index < -0.39 is 16.1 Å². The lowest BCUT2D eigenvalue weighted by Crippen LogP contribution is -2.51. The molecule has 0 bridgehead atoms. The van der Waals surface area contributed by atoms with Crippen LogP contribution in [-0.4, -0.2) is 40.1 Å². The molecule has 178 valence electrons. The van der Waals surface area contributed by atoms with Crippen LogP contribution in [0.15, 0.2) is 77.7 Å². The molecule has 3 aromatic carbocycles. The van der Waals surface area contributed by atoms with Gasteiger partial charge in [-0.05, 0) is 49.2 Å². The van der Waals surface area contributed by atoms with Crippen LogP contribution in [0.25, 0.3) is 0 Å². The number of ether oxygens (including phenoxy) is 2. The summed E-state index contributed by atoms with van der Waals surface area (Å²) in [6.07, 6.45) is -0.367. The number of carbonyl (C=O) groups is 1. The molecule has 1 N–H and O–H groups in total. The number of halogens is 1. The summed E-state index contributed by atoms with van der Waals surface area (Å²) in [5.41, 5.74) is 1.43. The van der Waals surface area contributed by atoms with Crippen LogP contribution in [0.1, 0.15) is 12.5 Å². The minimum absolute atomic E-state index is 0.0678.